The Morgan fingerprint density at radius 2 is 1.69 bits per heavy atom. The van der Waals surface area contributed by atoms with Gasteiger partial charge in [-0.05, 0) is 42.5 Å². The predicted octanol–water partition coefficient (Wildman–Crippen LogP) is 3.83. The summed E-state index contributed by atoms with van der Waals surface area (Å²) in [5.74, 6) is 0.317. The first-order valence-electron chi connectivity index (χ1n) is 9.11. The number of anilines is 2. The van der Waals surface area contributed by atoms with Crippen LogP contribution in [0.25, 0.3) is 11.0 Å². The number of aromatic nitrogens is 2. The number of sulfonamides is 2. The summed E-state index contributed by atoms with van der Waals surface area (Å²) in [7, 11) is -6.78. The summed E-state index contributed by atoms with van der Waals surface area (Å²) in [6.07, 6.45) is 2.85. The summed E-state index contributed by atoms with van der Waals surface area (Å²) in [6, 6.07) is 13.5. The molecule has 0 fully saturated rings. The number of methoxy groups -OCH3 is 1. The van der Waals surface area contributed by atoms with Crippen molar-refractivity contribution in [3.8, 4) is 5.75 Å². The van der Waals surface area contributed by atoms with E-state index in [2.05, 4.69) is 19.4 Å². The lowest BCUT2D eigenvalue weighted by Gasteiger charge is -2.14. The molecule has 32 heavy (non-hydrogen) atoms. The first-order valence-corrected chi connectivity index (χ1v) is 12.5. The van der Waals surface area contributed by atoms with Crippen LogP contribution >= 0.6 is 11.6 Å². The van der Waals surface area contributed by atoms with Crippen LogP contribution in [-0.2, 0) is 20.0 Å². The van der Waals surface area contributed by atoms with Crippen molar-refractivity contribution in [3.05, 3.63) is 72.0 Å². The second-order valence-electron chi connectivity index (χ2n) is 6.61. The number of benzene rings is 2. The normalized spacial score (nSPS) is 11.9. The van der Waals surface area contributed by atoms with E-state index in [1.807, 2.05) is 0 Å². The largest absolute Gasteiger partial charge is 0.495 e. The number of H-pyrrole nitrogens is 1. The van der Waals surface area contributed by atoms with Crippen molar-refractivity contribution in [2.24, 2.45) is 0 Å². The van der Waals surface area contributed by atoms with E-state index in [0.717, 1.165) is 6.07 Å². The lowest BCUT2D eigenvalue weighted by atomic mass is 10.3. The van der Waals surface area contributed by atoms with Gasteiger partial charge >= 0.3 is 0 Å². The van der Waals surface area contributed by atoms with E-state index in [9.17, 15) is 16.8 Å². The number of nitrogens with zero attached hydrogens (tertiary/aromatic N) is 1. The highest BCUT2D eigenvalue weighted by Gasteiger charge is 2.23. The molecule has 0 aliphatic rings. The van der Waals surface area contributed by atoms with Gasteiger partial charge in [0.2, 0.25) is 0 Å². The molecule has 0 saturated heterocycles. The monoisotopic (exact) mass is 492 g/mol. The molecule has 4 aromatic rings. The van der Waals surface area contributed by atoms with Crippen LogP contribution in [0.5, 0.6) is 5.75 Å². The Morgan fingerprint density at radius 3 is 2.47 bits per heavy atom. The van der Waals surface area contributed by atoms with Crippen LogP contribution in [0.1, 0.15) is 0 Å². The Kier molecular flexibility index (Phi) is 5.71. The number of pyridine rings is 1. The average Bonchev–Trinajstić information content (AvgIpc) is 3.20. The number of ether oxygens (including phenoxy) is 1. The van der Waals surface area contributed by atoms with Gasteiger partial charge in [-0.25, -0.2) is 21.8 Å². The highest BCUT2D eigenvalue weighted by molar-refractivity contribution is 7.93. The Labute approximate surface area is 189 Å². The van der Waals surface area contributed by atoms with Crippen molar-refractivity contribution in [3.63, 3.8) is 0 Å². The van der Waals surface area contributed by atoms with Gasteiger partial charge in [0, 0.05) is 17.8 Å². The molecule has 0 unspecified atom stereocenters. The molecule has 9 nitrogen and oxygen atoms in total. The fourth-order valence-electron chi connectivity index (χ4n) is 3.06. The lowest BCUT2D eigenvalue weighted by Crippen LogP contribution is -2.16. The van der Waals surface area contributed by atoms with Crippen LogP contribution in [0.4, 0.5) is 11.4 Å². The Morgan fingerprint density at radius 1 is 0.938 bits per heavy atom. The molecule has 2 heterocycles. The first kappa shape index (κ1) is 21.9. The maximum atomic E-state index is 13.0. The summed E-state index contributed by atoms with van der Waals surface area (Å²) in [5.41, 5.74) is 0.643. The third kappa shape index (κ3) is 4.22. The van der Waals surface area contributed by atoms with Crippen LogP contribution in [0.2, 0.25) is 5.02 Å². The second-order valence-corrected chi connectivity index (χ2v) is 10.3. The summed E-state index contributed by atoms with van der Waals surface area (Å²) < 4.78 is 61.7. The SMILES string of the molecule is COc1ccccc1NS(=O)(=O)c1cc(NS(=O)(=O)c2c[nH]c3ncccc23)ccc1Cl. The van der Waals surface area contributed by atoms with Crippen molar-refractivity contribution in [2.45, 2.75) is 9.79 Å². The van der Waals surface area contributed by atoms with E-state index in [0.29, 0.717) is 16.8 Å². The Bertz CT molecular complexity index is 1520. The molecule has 4 rings (SSSR count). The van der Waals surface area contributed by atoms with Crippen molar-refractivity contribution in [1.29, 1.82) is 0 Å². The minimum atomic E-state index is -4.16. The zero-order valence-electron chi connectivity index (χ0n) is 16.5. The number of fused-ring (bicyclic) bond motifs is 1. The van der Waals surface area contributed by atoms with Gasteiger partial charge < -0.3 is 9.72 Å². The van der Waals surface area contributed by atoms with Crippen molar-refractivity contribution in [1.82, 2.24) is 9.97 Å². The molecule has 3 N–H and O–H groups in total. The van der Waals surface area contributed by atoms with Crippen molar-refractivity contribution in [2.75, 3.05) is 16.6 Å². The lowest BCUT2D eigenvalue weighted by molar-refractivity contribution is 0.417. The van der Waals surface area contributed by atoms with E-state index in [4.69, 9.17) is 16.3 Å². The molecule has 0 aliphatic heterocycles. The fraction of sp³-hybridized carbons (Fsp3) is 0.0500. The second kappa shape index (κ2) is 8.34. The zero-order chi connectivity index (χ0) is 22.9. The van der Waals surface area contributed by atoms with Crippen molar-refractivity contribution >= 4 is 54.1 Å². The van der Waals surface area contributed by atoms with Gasteiger partial charge in [-0.15, -0.1) is 0 Å². The van der Waals surface area contributed by atoms with Crippen molar-refractivity contribution < 1.29 is 21.6 Å². The fourth-order valence-corrected chi connectivity index (χ4v) is 5.88. The number of rotatable bonds is 7. The molecule has 0 radical (unpaired) electrons. The van der Waals surface area contributed by atoms with Gasteiger partial charge in [0.15, 0.2) is 0 Å². The highest BCUT2D eigenvalue weighted by atomic mass is 35.5. The van der Waals surface area contributed by atoms with Crippen LogP contribution in [0, 0.1) is 0 Å². The average molecular weight is 493 g/mol. The molecule has 0 atom stereocenters. The Hall–Kier alpha value is -3.28. The number of nitrogens with one attached hydrogen (secondary N) is 3. The van der Waals surface area contributed by atoms with Crippen LogP contribution in [-0.4, -0.2) is 33.9 Å². The standard InChI is InChI=1S/C20H17ClN4O5S2/c1-30-17-7-3-2-6-16(17)25-31(26,27)18-11-13(8-9-15(18)21)24-32(28,29)19-12-23-20-14(19)5-4-10-22-20/h2-12,24-25H,1H3,(H,22,23). The molecule has 0 saturated carbocycles. The number of hydrogen-bond acceptors (Lipinski definition) is 6. The highest BCUT2D eigenvalue weighted by Crippen LogP contribution is 2.31. The summed E-state index contributed by atoms with van der Waals surface area (Å²) in [5, 5.41) is 0.325. The molecule has 166 valence electrons. The maximum Gasteiger partial charge on any atom is 0.264 e. The molecular formula is C20H17ClN4O5S2. The molecule has 0 spiro atoms. The number of halogens is 1. The van der Waals surface area contributed by atoms with Crippen LogP contribution in [0.3, 0.4) is 0 Å². The van der Waals surface area contributed by atoms with E-state index in [1.54, 1.807) is 30.3 Å². The number of hydrogen-bond donors (Lipinski definition) is 3. The molecule has 2 aromatic heterocycles. The summed E-state index contributed by atoms with van der Waals surface area (Å²) in [6.45, 7) is 0. The summed E-state index contributed by atoms with van der Waals surface area (Å²) in [4.78, 5) is 6.54. The van der Waals surface area contributed by atoms with E-state index in [-0.39, 0.29) is 26.2 Å². The van der Waals surface area contributed by atoms with Gasteiger partial charge in [-0.3, -0.25) is 9.44 Å². The van der Waals surface area contributed by atoms with Crippen LogP contribution in [0.15, 0.2) is 76.8 Å². The Balaban J connectivity index is 1.68. The zero-order valence-corrected chi connectivity index (χ0v) is 18.9. The predicted molar refractivity (Wildman–Crippen MR) is 122 cm³/mol. The van der Waals surface area contributed by atoms with Gasteiger partial charge in [-0.1, -0.05) is 23.7 Å². The van der Waals surface area contributed by atoms with Gasteiger partial charge in [0.25, 0.3) is 20.0 Å². The van der Waals surface area contributed by atoms with Gasteiger partial charge in [0.1, 0.15) is 21.2 Å². The quantitative estimate of drug-likeness (QED) is 0.359. The van der Waals surface area contributed by atoms with Gasteiger partial charge in [-0.2, -0.15) is 0 Å². The number of aromatic amines is 1. The molecule has 0 amide bonds. The first-order chi connectivity index (χ1) is 15.2. The molecule has 0 aliphatic carbocycles. The van der Waals surface area contributed by atoms with Gasteiger partial charge in [0.05, 0.1) is 23.5 Å². The third-order valence-corrected chi connectivity index (χ3v) is 7.80. The molecule has 2 aromatic carbocycles. The minimum absolute atomic E-state index is 0.0212. The topological polar surface area (TPSA) is 130 Å². The van der Waals surface area contributed by atoms with E-state index >= 15 is 0 Å². The maximum absolute atomic E-state index is 13.0. The third-order valence-electron chi connectivity index (χ3n) is 4.53. The van der Waals surface area contributed by atoms with Crippen LogP contribution < -0.4 is 14.2 Å². The van der Waals surface area contributed by atoms with E-state index in [1.165, 1.54) is 37.7 Å². The molecular weight excluding hydrogens is 476 g/mol. The number of para-hydroxylation sites is 2. The van der Waals surface area contributed by atoms with E-state index < -0.39 is 20.0 Å². The smallest absolute Gasteiger partial charge is 0.264 e. The minimum Gasteiger partial charge on any atom is -0.495 e. The summed E-state index contributed by atoms with van der Waals surface area (Å²) >= 11 is 6.13. The molecule has 0 bridgehead atoms. The molecule has 12 heteroatoms.